The fraction of sp³-hybridized carbons (Fsp3) is 0.192. The molecule has 9 heteroatoms. The number of nitrogens with zero attached hydrogens (tertiary/aromatic N) is 2. The number of benzene rings is 2. The summed E-state index contributed by atoms with van der Waals surface area (Å²) in [7, 11) is -4.10. The Hall–Kier alpha value is -3.82. The minimum absolute atomic E-state index is 0.00883. The van der Waals surface area contributed by atoms with Crippen molar-refractivity contribution in [2.24, 2.45) is 0 Å². The fourth-order valence-electron chi connectivity index (χ4n) is 3.80. The summed E-state index contributed by atoms with van der Waals surface area (Å²) >= 11 is 0. The second-order valence-electron chi connectivity index (χ2n) is 8.05. The van der Waals surface area contributed by atoms with E-state index in [1.807, 2.05) is 25.1 Å². The number of carbonyl (C=O) groups is 1. The van der Waals surface area contributed by atoms with Gasteiger partial charge in [0.25, 0.3) is 5.56 Å². The number of para-hydroxylation sites is 1. The van der Waals surface area contributed by atoms with E-state index in [9.17, 15) is 18.0 Å². The first-order valence-electron chi connectivity index (χ1n) is 11.1. The fourth-order valence-corrected chi connectivity index (χ4v) is 5.26. The molecule has 35 heavy (non-hydrogen) atoms. The van der Waals surface area contributed by atoms with Crippen molar-refractivity contribution in [2.75, 3.05) is 6.61 Å². The van der Waals surface area contributed by atoms with Crippen LogP contribution in [0.1, 0.15) is 34.0 Å². The summed E-state index contributed by atoms with van der Waals surface area (Å²) in [5.41, 5.74) is 2.36. The number of aromatic amines is 1. The molecule has 0 saturated carbocycles. The van der Waals surface area contributed by atoms with Crippen molar-refractivity contribution in [1.82, 2.24) is 14.3 Å². The molecule has 0 aliphatic heterocycles. The lowest BCUT2D eigenvalue weighted by Gasteiger charge is -2.22. The molecule has 180 valence electrons. The maximum absolute atomic E-state index is 13.7. The predicted molar refractivity (Wildman–Crippen MR) is 132 cm³/mol. The van der Waals surface area contributed by atoms with Crippen molar-refractivity contribution in [3.8, 4) is 0 Å². The monoisotopic (exact) mass is 491 g/mol. The van der Waals surface area contributed by atoms with Crippen molar-refractivity contribution in [3.05, 3.63) is 106 Å². The summed E-state index contributed by atoms with van der Waals surface area (Å²) in [6, 6.07) is 16.5. The van der Waals surface area contributed by atoms with Crippen LogP contribution in [-0.2, 0) is 27.8 Å². The van der Waals surface area contributed by atoms with E-state index in [0.29, 0.717) is 16.6 Å². The first-order chi connectivity index (χ1) is 16.8. The Morgan fingerprint density at radius 2 is 1.86 bits per heavy atom. The van der Waals surface area contributed by atoms with E-state index in [0.717, 1.165) is 10.9 Å². The molecule has 4 rings (SSSR count). The molecule has 0 aliphatic carbocycles. The highest BCUT2D eigenvalue weighted by molar-refractivity contribution is 7.89. The predicted octanol–water partition coefficient (Wildman–Crippen LogP) is 3.80. The number of ether oxygens (including phenoxy) is 1. The molecule has 0 radical (unpaired) electrons. The highest BCUT2D eigenvalue weighted by atomic mass is 32.2. The number of sulfonamides is 1. The standard InChI is InChI=1S/C26H25N3O5S/c1-3-34-26(31)21-10-5-11-23(14-21)35(32,33)29(16-19-8-6-12-27-15-19)17-22-13-20-9-4-7-18(2)24(20)28-25(22)30/h4-15H,3,16-17H2,1-2H3,(H,28,30). The Kier molecular flexibility index (Phi) is 7.09. The highest BCUT2D eigenvalue weighted by Gasteiger charge is 2.27. The topological polar surface area (TPSA) is 109 Å². The van der Waals surface area contributed by atoms with Gasteiger partial charge >= 0.3 is 5.97 Å². The number of pyridine rings is 2. The van der Waals surface area contributed by atoms with Crippen LogP contribution in [0.3, 0.4) is 0 Å². The quantitative estimate of drug-likeness (QED) is 0.376. The summed E-state index contributed by atoms with van der Waals surface area (Å²) in [6.45, 7) is 3.57. The van der Waals surface area contributed by atoms with E-state index in [1.165, 1.54) is 28.6 Å². The van der Waals surface area contributed by atoms with Gasteiger partial charge in [0.05, 0.1) is 22.6 Å². The molecule has 0 bridgehead atoms. The van der Waals surface area contributed by atoms with E-state index < -0.39 is 16.0 Å². The zero-order valence-corrected chi connectivity index (χ0v) is 20.2. The van der Waals surface area contributed by atoms with Gasteiger partial charge in [0, 0.05) is 31.0 Å². The Morgan fingerprint density at radius 3 is 2.60 bits per heavy atom. The summed E-state index contributed by atoms with van der Waals surface area (Å²) in [4.78, 5) is 32.0. The maximum Gasteiger partial charge on any atom is 0.338 e. The van der Waals surface area contributed by atoms with Crippen LogP contribution >= 0.6 is 0 Å². The molecule has 2 aromatic carbocycles. The number of fused-ring (bicyclic) bond motifs is 1. The van der Waals surface area contributed by atoms with Gasteiger partial charge in [0.1, 0.15) is 0 Å². The molecule has 4 aromatic rings. The van der Waals surface area contributed by atoms with Gasteiger partial charge in [0.15, 0.2) is 0 Å². The summed E-state index contributed by atoms with van der Waals surface area (Å²) in [5, 5.41) is 0.808. The first-order valence-corrected chi connectivity index (χ1v) is 12.5. The molecule has 1 N–H and O–H groups in total. The molecular weight excluding hydrogens is 466 g/mol. The minimum atomic E-state index is -4.10. The number of carbonyl (C=O) groups excluding carboxylic acids is 1. The van der Waals surface area contributed by atoms with Gasteiger partial charge in [0.2, 0.25) is 10.0 Å². The Labute approximate surface area is 203 Å². The maximum atomic E-state index is 13.7. The lowest BCUT2D eigenvalue weighted by Crippen LogP contribution is -2.32. The summed E-state index contributed by atoms with van der Waals surface area (Å²) in [6.07, 6.45) is 3.17. The third kappa shape index (κ3) is 5.31. The smallest absolute Gasteiger partial charge is 0.338 e. The number of aromatic nitrogens is 2. The van der Waals surface area contributed by atoms with Crippen LogP contribution < -0.4 is 5.56 Å². The van der Waals surface area contributed by atoms with Gasteiger partial charge in [-0.3, -0.25) is 9.78 Å². The van der Waals surface area contributed by atoms with Crippen LogP contribution in [0, 0.1) is 6.92 Å². The Balaban J connectivity index is 1.77. The second-order valence-corrected chi connectivity index (χ2v) is 9.98. The van der Waals surface area contributed by atoms with Crippen molar-refractivity contribution in [1.29, 1.82) is 0 Å². The number of aryl methyl sites for hydroxylation is 1. The second kappa shape index (κ2) is 10.2. The van der Waals surface area contributed by atoms with Crippen LogP contribution in [0.4, 0.5) is 0 Å². The number of esters is 1. The average Bonchev–Trinajstić information content (AvgIpc) is 2.85. The van der Waals surface area contributed by atoms with Crippen molar-refractivity contribution < 1.29 is 17.9 Å². The molecule has 0 saturated heterocycles. The van der Waals surface area contributed by atoms with Crippen molar-refractivity contribution in [2.45, 2.75) is 31.8 Å². The molecule has 8 nitrogen and oxygen atoms in total. The Morgan fingerprint density at radius 1 is 1.06 bits per heavy atom. The number of hydrogen-bond donors (Lipinski definition) is 1. The van der Waals surface area contributed by atoms with Crippen LogP contribution in [0.25, 0.3) is 10.9 Å². The van der Waals surface area contributed by atoms with Crippen LogP contribution in [0.15, 0.2) is 82.7 Å². The number of nitrogens with one attached hydrogen (secondary N) is 1. The lowest BCUT2D eigenvalue weighted by atomic mass is 10.1. The van der Waals surface area contributed by atoms with Crippen LogP contribution in [-0.4, -0.2) is 35.3 Å². The third-order valence-corrected chi connectivity index (χ3v) is 7.36. The normalized spacial score (nSPS) is 11.6. The number of rotatable bonds is 8. The zero-order valence-electron chi connectivity index (χ0n) is 19.4. The largest absolute Gasteiger partial charge is 0.462 e. The van der Waals surface area contributed by atoms with Crippen molar-refractivity contribution >= 4 is 26.9 Å². The molecule has 0 fully saturated rings. The number of hydrogen-bond acceptors (Lipinski definition) is 6. The van der Waals surface area contributed by atoms with Crippen LogP contribution in [0.2, 0.25) is 0 Å². The number of H-pyrrole nitrogens is 1. The van der Waals surface area contributed by atoms with E-state index in [4.69, 9.17) is 4.74 Å². The molecule has 2 heterocycles. The summed E-state index contributed by atoms with van der Waals surface area (Å²) < 4.78 is 33.7. The average molecular weight is 492 g/mol. The lowest BCUT2D eigenvalue weighted by molar-refractivity contribution is 0.0526. The van der Waals surface area contributed by atoms with Gasteiger partial charge in [-0.1, -0.05) is 30.3 Å². The van der Waals surface area contributed by atoms with E-state index in [-0.39, 0.29) is 35.7 Å². The van der Waals surface area contributed by atoms with E-state index in [1.54, 1.807) is 37.5 Å². The van der Waals surface area contributed by atoms with Gasteiger partial charge in [-0.25, -0.2) is 13.2 Å². The van der Waals surface area contributed by atoms with Crippen LogP contribution in [0.5, 0.6) is 0 Å². The highest BCUT2D eigenvalue weighted by Crippen LogP contribution is 2.23. The molecule has 0 atom stereocenters. The summed E-state index contributed by atoms with van der Waals surface area (Å²) in [5.74, 6) is -0.607. The molecule has 0 amide bonds. The third-order valence-electron chi connectivity index (χ3n) is 5.58. The van der Waals surface area contributed by atoms with Crippen molar-refractivity contribution in [3.63, 3.8) is 0 Å². The minimum Gasteiger partial charge on any atom is -0.462 e. The molecule has 0 aliphatic rings. The van der Waals surface area contributed by atoms with Gasteiger partial charge in [-0.05, 0) is 60.7 Å². The van der Waals surface area contributed by atoms with Gasteiger partial charge < -0.3 is 9.72 Å². The Bertz CT molecular complexity index is 1530. The molecule has 2 aromatic heterocycles. The van der Waals surface area contributed by atoms with E-state index >= 15 is 0 Å². The first kappa shape index (κ1) is 24.3. The molecule has 0 unspecified atom stereocenters. The molecule has 0 spiro atoms. The van der Waals surface area contributed by atoms with Gasteiger partial charge in [-0.2, -0.15) is 4.31 Å². The van der Waals surface area contributed by atoms with E-state index in [2.05, 4.69) is 9.97 Å². The molecular formula is C26H25N3O5S. The zero-order chi connectivity index (χ0) is 25.0. The van der Waals surface area contributed by atoms with Gasteiger partial charge in [-0.15, -0.1) is 0 Å². The SMILES string of the molecule is CCOC(=O)c1cccc(S(=O)(=O)N(Cc2cccnc2)Cc2cc3cccc(C)c3[nH]c2=O)c1.